The molecule has 170 valence electrons. The zero-order valence-electron chi connectivity index (χ0n) is 19.2. The molecule has 0 saturated carbocycles. The minimum atomic E-state index is -0.483. The van der Waals surface area contributed by atoms with E-state index in [0.717, 1.165) is 73.2 Å². The Kier molecular flexibility index (Phi) is 4.91. The van der Waals surface area contributed by atoms with Crippen LogP contribution in [-0.2, 0) is 6.54 Å². The molecule has 0 amide bonds. The van der Waals surface area contributed by atoms with Crippen molar-refractivity contribution >= 4 is 5.71 Å². The fraction of sp³-hybridized carbons (Fsp3) is 0.370. The highest BCUT2D eigenvalue weighted by atomic mass is 16.5. The maximum absolute atomic E-state index is 6.82. The van der Waals surface area contributed by atoms with Crippen molar-refractivity contribution in [3.05, 3.63) is 83.3 Å². The summed E-state index contributed by atoms with van der Waals surface area (Å²) in [5, 5.41) is 7.33. The van der Waals surface area contributed by atoms with Gasteiger partial charge in [-0.15, -0.1) is 0 Å². The summed E-state index contributed by atoms with van der Waals surface area (Å²) in [5.74, 6) is 3.41. The highest BCUT2D eigenvalue weighted by Gasteiger charge is 2.52. The van der Waals surface area contributed by atoms with Gasteiger partial charge in [0.05, 0.1) is 13.2 Å². The Labute approximate surface area is 194 Å². The molecule has 6 rings (SSSR count). The van der Waals surface area contributed by atoms with Crippen LogP contribution in [-0.4, -0.2) is 41.5 Å². The molecule has 0 N–H and O–H groups in total. The second-order valence-electron chi connectivity index (χ2n) is 9.21. The van der Waals surface area contributed by atoms with Crippen molar-refractivity contribution in [3.8, 4) is 11.5 Å². The molecule has 3 aliphatic heterocycles. The topological polar surface area (TPSA) is 50.4 Å². The lowest BCUT2D eigenvalue weighted by atomic mass is 9.91. The van der Waals surface area contributed by atoms with Crippen LogP contribution in [0.15, 0.2) is 70.2 Å². The molecule has 6 nitrogen and oxygen atoms in total. The van der Waals surface area contributed by atoms with Crippen molar-refractivity contribution in [2.45, 2.75) is 44.5 Å². The molecule has 1 spiro atoms. The van der Waals surface area contributed by atoms with Gasteiger partial charge in [0.15, 0.2) is 11.5 Å². The smallest absolute Gasteiger partial charge is 0.200 e. The van der Waals surface area contributed by atoms with Crippen LogP contribution in [0.25, 0.3) is 0 Å². The van der Waals surface area contributed by atoms with Crippen molar-refractivity contribution in [2.75, 3.05) is 20.2 Å². The molecule has 0 radical (unpaired) electrons. The number of hydrazone groups is 1. The number of hydrogen-bond donors (Lipinski definition) is 0. The number of aryl methyl sites for hydroxylation is 1. The van der Waals surface area contributed by atoms with E-state index in [4.69, 9.17) is 19.0 Å². The van der Waals surface area contributed by atoms with Gasteiger partial charge >= 0.3 is 0 Å². The van der Waals surface area contributed by atoms with Crippen molar-refractivity contribution in [1.29, 1.82) is 0 Å². The van der Waals surface area contributed by atoms with E-state index in [1.165, 1.54) is 5.56 Å². The summed E-state index contributed by atoms with van der Waals surface area (Å²) in [6, 6.07) is 21.0. The summed E-state index contributed by atoms with van der Waals surface area (Å²) in [5.41, 5.74) is 2.98. The van der Waals surface area contributed by atoms with Crippen LogP contribution < -0.4 is 9.47 Å². The van der Waals surface area contributed by atoms with E-state index in [1.807, 2.05) is 31.2 Å². The van der Waals surface area contributed by atoms with Gasteiger partial charge in [0, 0.05) is 44.5 Å². The molecule has 0 bridgehead atoms. The fourth-order valence-corrected chi connectivity index (χ4v) is 5.40. The van der Waals surface area contributed by atoms with Gasteiger partial charge in [0.1, 0.15) is 17.2 Å². The summed E-state index contributed by atoms with van der Waals surface area (Å²) < 4.78 is 18.5. The van der Waals surface area contributed by atoms with Gasteiger partial charge in [-0.3, -0.25) is 4.90 Å². The van der Waals surface area contributed by atoms with E-state index in [-0.39, 0.29) is 6.04 Å². The first-order valence-electron chi connectivity index (χ1n) is 11.7. The molecule has 1 saturated heterocycles. The number of nitrogens with zero attached hydrogens (tertiary/aromatic N) is 3. The number of para-hydroxylation sites is 1. The molecule has 0 aliphatic carbocycles. The van der Waals surface area contributed by atoms with Crippen LogP contribution in [0.1, 0.15) is 48.0 Å². The maximum Gasteiger partial charge on any atom is 0.200 e. The maximum atomic E-state index is 6.82. The van der Waals surface area contributed by atoms with Gasteiger partial charge in [-0.05, 0) is 30.7 Å². The molecular formula is C27H29N3O3. The molecule has 1 aromatic heterocycles. The van der Waals surface area contributed by atoms with Gasteiger partial charge in [0.25, 0.3) is 0 Å². The monoisotopic (exact) mass is 443 g/mol. The van der Waals surface area contributed by atoms with Crippen molar-refractivity contribution in [2.24, 2.45) is 5.10 Å². The van der Waals surface area contributed by atoms with Crippen LogP contribution in [0.4, 0.5) is 0 Å². The summed E-state index contributed by atoms with van der Waals surface area (Å²) in [4.78, 5) is 2.51. The second-order valence-corrected chi connectivity index (χ2v) is 9.21. The number of furan rings is 1. The van der Waals surface area contributed by atoms with E-state index in [0.29, 0.717) is 0 Å². The normalized spacial score (nSPS) is 21.3. The third-order valence-electron chi connectivity index (χ3n) is 7.12. The highest BCUT2D eigenvalue weighted by Crippen LogP contribution is 2.52. The third kappa shape index (κ3) is 3.49. The lowest BCUT2D eigenvalue weighted by Crippen LogP contribution is -2.59. The first-order chi connectivity index (χ1) is 16.1. The summed E-state index contributed by atoms with van der Waals surface area (Å²) >= 11 is 0. The van der Waals surface area contributed by atoms with Crippen LogP contribution in [0.2, 0.25) is 0 Å². The van der Waals surface area contributed by atoms with Gasteiger partial charge in [0.2, 0.25) is 5.72 Å². The summed E-state index contributed by atoms with van der Waals surface area (Å²) in [6.45, 7) is 4.83. The fourth-order valence-electron chi connectivity index (χ4n) is 5.40. The van der Waals surface area contributed by atoms with Gasteiger partial charge < -0.3 is 13.9 Å². The molecule has 1 atom stereocenters. The van der Waals surface area contributed by atoms with Crippen molar-refractivity contribution in [1.82, 2.24) is 9.91 Å². The summed E-state index contributed by atoms with van der Waals surface area (Å²) in [7, 11) is 1.71. The number of likely N-dealkylation sites (tertiary alicyclic amines) is 1. The molecule has 2 aromatic carbocycles. The minimum absolute atomic E-state index is 0.116. The highest BCUT2D eigenvalue weighted by molar-refractivity contribution is 5.99. The second kappa shape index (κ2) is 7.96. The lowest BCUT2D eigenvalue weighted by Gasteiger charge is -2.51. The molecule has 6 heteroatoms. The van der Waals surface area contributed by atoms with Gasteiger partial charge in [-0.2, -0.15) is 5.10 Å². The molecule has 1 fully saturated rings. The zero-order chi connectivity index (χ0) is 22.4. The van der Waals surface area contributed by atoms with E-state index in [1.54, 1.807) is 7.11 Å². The molecule has 33 heavy (non-hydrogen) atoms. The Morgan fingerprint density at radius 2 is 1.85 bits per heavy atom. The first-order valence-corrected chi connectivity index (χ1v) is 11.7. The Balaban J connectivity index is 1.33. The third-order valence-corrected chi connectivity index (χ3v) is 7.12. The number of methoxy groups -OCH3 is 1. The number of hydrogen-bond acceptors (Lipinski definition) is 6. The average molecular weight is 444 g/mol. The quantitative estimate of drug-likeness (QED) is 0.559. The molecule has 3 aromatic rings. The lowest BCUT2D eigenvalue weighted by molar-refractivity contribution is -0.151. The molecule has 0 unspecified atom stereocenters. The van der Waals surface area contributed by atoms with Crippen molar-refractivity contribution in [3.63, 3.8) is 0 Å². The van der Waals surface area contributed by atoms with Crippen LogP contribution in [0.3, 0.4) is 0 Å². The Morgan fingerprint density at radius 3 is 2.58 bits per heavy atom. The zero-order valence-corrected chi connectivity index (χ0v) is 19.2. The van der Waals surface area contributed by atoms with E-state index >= 15 is 0 Å². The average Bonchev–Trinajstić information content (AvgIpc) is 3.48. The Bertz CT molecular complexity index is 1180. The van der Waals surface area contributed by atoms with E-state index < -0.39 is 5.72 Å². The first kappa shape index (κ1) is 20.4. The van der Waals surface area contributed by atoms with Gasteiger partial charge in [-0.1, -0.05) is 42.5 Å². The number of piperidine rings is 1. The van der Waals surface area contributed by atoms with E-state index in [2.05, 4.69) is 46.3 Å². The standard InChI is InChI=1S/C27H29N3O3/c1-19-11-12-24(32-19)22-17-23-21-9-6-10-25(31-2)26(21)33-27(30(23)28-22)13-15-29(16-14-27)18-20-7-4-3-5-8-20/h3-12,23H,13-18H2,1-2H3/t23-/m0/s1. The van der Waals surface area contributed by atoms with Crippen LogP contribution >= 0.6 is 0 Å². The number of rotatable bonds is 4. The number of ether oxygens (including phenoxy) is 2. The minimum Gasteiger partial charge on any atom is -0.493 e. The van der Waals surface area contributed by atoms with Crippen LogP contribution in [0.5, 0.6) is 11.5 Å². The van der Waals surface area contributed by atoms with Gasteiger partial charge in [-0.25, -0.2) is 5.01 Å². The number of benzene rings is 2. The number of fused-ring (bicyclic) bond motifs is 4. The Morgan fingerprint density at radius 1 is 1.03 bits per heavy atom. The predicted octanol–water partition coefficient (Wildman–Crippen LogP) is 5.13. The molecule has 3 aliphatic rings. The van der Waals surface area contributed by atoms with Crippen LogP contribution in [0, 0.1) is 6.92 Å². The summed E-state index contributed by atoms with van der Waals surface area (Å²) in [6.07, 6.45) is 2.55. The van der Waals surface area contributed by atoms with Crippen molar-refractivity contribution < 1.29 is 13.9 Å². The SMILES string of the molecule is COc1cccc2c1OC1(CCN(Cc3ccccc3)CC1)N1N=C(c3ccc(C)o3)C[C@@H]21. The largest absolute Gasteiger partial charge is 0.493 e. The predicted molar refractivity (Wildman–Crippen MR) is 126 cm³/mol. The molecule has 4 heterocycles. The Hall–Kier alpha value is -3.25. The molecular weight excluding hydrogens is 414 g/mol. The van der Waals surface area contributed by atoms with E-state index in [9.17, 15) is 0 Å².